The molecule has 1 aliphatic heterocycles. The Hall–Kier alpha value is -1.24. The van der Waals surface area contributed by atoms with Crippen molar-refractivity contribution in [1.82, 2.24) is 14.3 Å². The van der Waals surface area contributed by atoms with Crippen LogP contribution in [-0.4, -0.2) is 36.6 Å². The summed E-state index contributed by atoms with van der Waals surface area (Å²) in [5, 5.41) is 3.16. The molecule has 5 nitrogen and oxygen atoms in total. The van der Waals surface area contributed by atoms with Gasteiger partial charge in [-0.05, 0) is 73.7 Å². The average Bonchev–Trinajstić information content (AvgIpc) is 3.22. The molecule has 0 aromatic heterocycles. The van der Waals surface area contributed by atoms with Gasteiger partial charge in [0, 0.05) is 37.0 Å². The normalized spacial score (nSPS) is 21.6. The summed E-state index contributed by atoms with van der Waals surface area (Å²) in [6.07, 6.45) is 8.17. The summed E-state index contributed by atoms with van der Waals surface area (Å²) >= 11 is 1.30. The molecule has 1 atom stereocenters. The van der Waals surface area contributed by atoms with Crippen LogP contribution in [0.2, 0.25) is 0 Å². The number of likely N-dealkylation sites (N-methyl/N-ethyl adjacent to an activating group) is 1. The van der Waals surface area contributed by atoms with Crippen molar-refractivity contribution in [2.45, 2.75) is 57.9 Å². The van der Waals surface area contributed by atoms with Crippen LogP contribution < -0.4 is 14.8 Å². The Labute approximate surface area is 154 Å². The van der Waals surface area contributed by atoms with Crippen molar-refractivity contribution in [1.29, 1.82) is 0 Å². The van der Waals surface area contributed by atoms with Crippen molar-refractivity contribution in [3.63, 3.8) is 0 Å². The SMILES string of the molecule is CCN1CCC1CNSNC(=O)Nc1c2c(cc3c1CCC3)CCC2. The van der Waals surface area contributed by atoms with E-state index in [9.17, 15) is 4.79 Å². The van der Waals surface area contributed by atoms with Crippen LogP contribution in [0.3, 0.4) is 0 Å². The summed E-state index contributed by atoms with van der Waals surface area (Å²) in [7, 11) is 0. The first kappa shape index (κ1) is 17.2. The fourth-order valence-corrected chi connectivity index (χ4v) is 4.96. The Morgan fingerprint density at radius 1 is 1.20 bits per heavy atom. The largest absolute Gasteiger partial charge is 0.330 e. The summed E-state index contributed by atoms with van der Waals surface area (Å²) in [5.74, 6) is 0. The molecule has 2 aliphatic carbocycles. The second-order valence-electron chi connectivity index (χ2n) is 7.31. The second kappa shape index (κ2) is 7.56. The van der Waals surface area contributed by atoms with Gasteiger partial charge in [-0.1, -0.05) is 13.0 Å². The zero-order chi connectivity index (χ0) is 17.2. The van der Waals surface area contributed by atoms with Crippen LogP contribution in [0.25, 0.3) is 0 Å². The molecule has 3 aliphatic rings. The number of aryl methyl sites for hydroxylation is 2. The highest BCUT2D eigenvalue weighted by Crippen LogP contribution is 2.38. The molecular weight excluding hydrogens is 332 g/mol. The number of hydrogen-bond acceptors (Lipinski definition) is 4. The molecule has 0 radical (unpaired) electrons. The fourth-order valence-electron chi connectivity index (χ4n) is 4.47. The minimum atomic E-state index is -0.118. The zero-order valence-electron chi connectivity index (χ0n) is 15.0. The summed E-state index contributed by atoms with van der Waals surface area (Å²) < 4.78 is 6.16. The van der Waals surface area contributed by atoms with E-state index in [2.05, 4.69) is 32.7 Å². The summed E-state index contributed by atoms with van der Waals surface area (Å²) in [4.78, 5) is 14.8. The Morgan fingerprint density at radius 3 is 2.52 bits per heavy atom. The van der Waals surface area contributed by atoms with Crippen molar-refractivity contribution in [2.75, 3.05) is 25.0 Å². The number of rotatable bonds is 6. The van der Waals surface area contributed by atoms with E-state index in [1.165, 1.54) is 60.2 Å². The number of fused-ring (bicyclic) bond motifs is 2. The molecule has 4 rings (SSSR count). The molecule has 2 amide bonds. The zero-order valence-corrected chi connectivity index (χ0v) is 15.8. The van der Waals surface area contributed by atoms with E-state index in [0.29, 0.717) is 6.04 Å². The van der Waals surface area contributed by atoms with Gasteiger partial charge in [0.2, 0.25) is 0 Å². The van der Waals surface area contributed by atoms with Crippen LogP contribution in [0.5, 0.6) is 0 Å². The van der Waals surface area contributed by atoms with Gasteiger partial charge in [-0.25, -0.2) is 9.52 Å². The Balaban J connectivity index is 1.31. The lowest BCUT2D eigenvalue weighted by molar-refractivity contribution is 0.102. The molecule has 1 saturated heterocycles. The van der Waals surface area contributed by atoms with Gasteiger partial charge in [0.15, 0.2) is 0 Å². The van der Waals surface area contributed by atoms with E-state index in [0.717, 1.165) is 44.5 Å². The summed E-state index contributed by atoms with van der Waals surface area (Å²) in [5.41, 5.74) is 6.76. The van der Waals surface area contributed by atoms with E-state index >= 15 is 0 Å². The molecule has 0 saturated carbocycles. The molecule has 1 heterocycles. The molecule has 25 heavy (non-hydrogen) atoms. The lowest BCUT2D eigenvalue weighted by Gasteiger charge is -2.40. The monoisotopic (exact) mass is 360 g/mol. The molecule has 0 spiro atoms. The first-order chi connectivity index (χ1) is 12.3. The highest BCUT2D eigenvalue weighted by Gasteiger charge is 2.26. The number of amides is 2. The number of nitrogens with one attached hydrogen (secondary N) is 3. The predicted octanol–water partition coefficient (Wildman–Crippen LogP) is 3.03. The quantitative estimate of drug-likeness (QED) is 0.539. The number of urea groups is 1. The third-order valence-electron chi connectivity index (χ3n) is 5.92. The topological polar surface area (TPSA) is 56.4 Å². The van der Waals surface area contributed by atoms with E-state index in [1.807, 2.05) is 0 Å². The minimum absolute atomic E-state index is 0.118. The van der Waals surface area contributed by atoms with Gasteiger partial charge in [-0.2, -0.15) is 0 Å². The fraction of sp³-hybridized carbons (Fsp3) is 0.632. The van der Waals surface area contributed by atoms with Crippen molar-refractivity contribution < 1.29 is 4.79 Å². The van der Waals surface area contributed by atoms with Gasteiger partial charge >= 0.3 is 6.03 Å². The Kier molecular flexibility index (Phi) is 5.20. The van der Waals surface area contributed by atoms with Gasteiger partial charge in [0.05, 0.1) is 0 Å². The average molecular weight is 361 g/mol. The van der Waals surface area contributed by atoms with E-state index in [1.54, 1.807) is 0 Å². The first-order valence-electron chi connectivity index (χ1n) is 9.62. The maximum absolute atomic E-state index is 12.4. The third-order valence-corrected chi connectivity index (χ3v) is 6.52. The first-order valence-corrected chi connectivity index (χ1v) is 10.4. The van der Waals surface area contributed by atoms with Crippen LogP contribution in [0.15, 0.2) is 6.07 Å². The third kappa shape index (κ3) is 3.52. The number of anilines is 1. The summed E-state index contributed by atoms with van der Waals surface area (Å²) in [6, 6.07) is 2.89. The molecule has 1 unspecified atom stereocenters. The van der Waals surface area contributed by atoms with Gasteiger partial charge in [-0.3, -0.25) is 9.62 Å². The smallest absolute Gasteiger partial charge is 0.307 e. The highest BCUT2D eigenvalue weighted by atomic mass is 32.2. The van der Waals surface area contributed by atoms with Crippen molar-refractivity contribution in [3.05, 3.63) is 28.3 Å². The Bertz CT molecular complexity index is 629. The van der Waals surface area contributed by atoms with Gasteiger partial charge in [-0.15, -0.1) is 0 Å². The summed E-state index contributed by atoms with van der Waals surface area (Å²) in [6.45, 7) is 5.41. The maximum Gasteiger partial charge on any atom is 0.330 e. The number of benzene rings is 1. The van der Waals surface area contributed by atoms with Gasteiger partial charge in [0.1, 0.15) is 0 Å². The van der Waals surface area contributed by atoms with Crippen LogP contribution in [0, 0.1) is 0 Å². The lowest BCUT2D eigenvalue weighted by atomic mass is 9.99. The molecule has 136 valence electrons. The number of carbonyl (C=O) groups excluding carboxylic acids is 1. The van der Waals surface area contributed by atoms with Crippen LogP contribution in [-0.2, 0) is 25.7 Å². The molecule has 1 aromatic carbocycles. The molecule has 1 fully saturated rings. The molecule has 0 bridgehead atoms. The number of likely N-dealkylation sites (tertiary alicyclic amines) is 1. The van der Waals surface area contributed by atoms with Gasteiger partial charge < -0.3 is 5.32 Å². The Morgan fingerprint density at radius 2 is 1.92 bits per heavy atom. The van der Waals surface area contributed by atoms with Crippen molar-refractivity contribution in [2.24, 2.45) is 0 Å². The number of carbonyl (C=O) groups is 1. The maximum atomic E-state index is 12.4. The van der Waals surface area contributed by atoms with Crippen LogP contribution >= 0.6 is 12.1 Å². The van der Waals surface area contributed by atoms with Gasteiger partial charge in [0.25, 0.3) is 0 Å². The van der Waals surface area contributed by atoms with Crippen molar-refractivity contribution in [3.8, 4) is 0 Å². The van der Waals surface area contributed by atoms with E-state index in [4.69, 9.17) is 0 Å². The minimum Gasteiger partial charge on any atom is -0.307 e. The van der Waals surface area contributed by atoms with Crippen LogP contribution in [0.1, 0.15) is 48.4 Å². The molecule has 3 N–H and O–H groups in total. The second-order valence-corrected chi connectivity index (χ2v) is 8.01. The number of hydrogen-bond donors (Lipinski definition) is 3. The lowest BCUT2D eigenvalue weighted by Crippen LogP contribution is -2.51. The standard InChI is InChI=1S/C19H28N4OS/c1-2-23-10-9-15(23)12-20-25-22-19(24)21-18-16-7-3-5-13(16)11-14-6-4-8-17(14)18/h11,15,20H,2-10,12H2,1H3,(H2,21,22,24). The molecule has 6 heteroatoms. The van der Waals surface area contributed by atoms with E-state index < -0.39 is 0 Å². The number of nitrogens with zero attached hydrogens (tertiary/aromatic N) is 1. The van der Waals surface area contributed by atoms with Crippen molar-refractivity contribution >= 4 is 23.9 Å². The van der Waals surface area contributed by atoms with Crippen LogP contribution in [0.4, 0.5) is 10.5 Å². The molecular formula is C19H28N4OS. The van der Waals surface area contributed by atoms with E-state index in [-0.39, 0.29) is 6.03 Å². The predicted molar refractivity (Wildman–Crippen MR) is 104 cm³/mol. The molecule has 1 aromatic rings. The highest BCUT2D eigenvalue weighted by molar-refractivity contribution is 7.96.